The van der Waals surface area contributed by atoms with Gasteiger partial charge < -0.3 is 15.1 Å². The van der Waals surface area contributed by atoms with Gasteiger partial charge in [-0.15, -0.1) is 0 Å². The van der Waals surface area contributed by atoms with Gasteiger partial charge in [0, 0.05) is 36.7 Å². The first-order chi connectivity index (χ1) is 12.8. The third-order valence-electron chi connectivity index (χ3n) is 5.51. The number of allylic oxidation sites excluding steroid dienone is 2. The van der Waals surface area contributed by atoms with Crippen molar-refractivity contribution in [2.24, 2.45) is 0 Å². The maximum atomic E-state index is 12.5. The second-order valence-corrected chi connectivity index (χ2v) is 7.45. The maximum Gasteiger partial charge on any atom is 0.243 e. The predicted molar refractivity (Wildman–Crippen MR) is 110 cm³/mol. The van der Waals surface area contributed by atoms with Crippen LogP contribution in [0.15, 0.2) is 36.0 Å². The Morgan fingerprint density at radius 3 is 2.38 bits per heavy atom. The van der Waals surface area contributed by atoms with Crippen LogP contribution in [0.25, 0.3) is 0 Å². The Labute approximate surface area is 158 Å². The molecule has 0 atom stereocenters. The number of likely N-dealkylation sites (N-methyl/N-ethyl adjacent to an activating group) is 1. The second-order valence-electron chi connectivity index (χ2n) is 7.45. The Balaban J connectivity index is 1.54. The van der Waals surface area contributed by atoms with Crippen LogP contribution in [-0.2, 0) is 4.79 Å². The first-order valence-electron chi connectivity index (χ1n) is 10.3. The van der Waals surface area contributed by atoms with E-state index in [4.69, 9.17) is 0 Å². The van der Waals surface area contributed by atoms with Gasteiger partial charge in [-0.25, -0.2) is 0 Å². The zero-order valence-electron chi connectivity index (χ0n) is 16.2. The molecule has 1 aromatic rings. The first-order valence-corrected chi connectivity index (χ1v) is 10.3. The highest BCUT2D eigenvalue weighted by Gasteiger charge is 2.15. The number of hydrogen-bond acceptors (Lipinski definition) is 3. The average molecular weight is 356 g/mol. The Morgan fingerprint density at radius 2 is 1.77 bits per heavy atom. The highest BCUT2D eigenvalue weighted by atomic mass is 16.2. The molecule has 26 heavy (non-hydrogen) atoms. The molecular formula is C22H33N3O. The molecule has 1 saturated heterocycles. The fraction of sp³-hybridized carbons (Fsp3) is 0.591. The molecule has 0 unspecified atom stereocenters. The number of benzene rings is 1. The lowest BCUT2D eigenvalue weighted by Crippen LogP contribution is -2.33. The quantitative estimate of drug-likeness (QED) is 0.797. The van der Waals surface area contributed by atoms with E-state index in [0.29, 0.717) is 6.54 Å². The molecular weight excluding hydrogens is 322 g/mol. The van der Waals surface area contributed by atoms with Gasteiger partial charge in [-0.2, -0.15) is 0 Å². The van der Waals surface area contributed by atoms with Crippen LogP contribution in [0.2, 0.25) is 0 Å². The van der Waals surface area contributed by atoms with Crippen LogP contribution >= 0.6 is 0 Å². The summed E-state index contributed by atoms with van der Waals surface area (Å²) in [6, 6.07) is 8.35. The molecule has 1 fully saturated rings. The number of carbonyl (C=O) groups excluding carboxylic acids is 1. The lowest BCUT2D eigenvalue weighted by molar-refractivity contribution is -0.116. The third kappa shape index (κ3) is 5.26. The minimum absolute atomic E-state index is 0.0702. The van der Waals surface area contributed by atoms with Crippen molar-refractivity contribution in [1.82, 2.24) is 4.90 Å². The second kappa shape index (κ2) is 9.65. The molecule has 1 aliphatic heterocycles. The molecule has 3 rings (SSSR count). The van der Waals surface area contributed by atoms with Crippen LogP contribution < -0.4 is 10.2 Å². The summed E-state index contributed by atoms with van der Waals surface area (Å²) in [6.45, 7) is 5.74. The fourth-order valence-corrected chi connectivity index (χ4v) is 3.98. The number of carbonyl (C=O) groups is 1. The Kier molecular flexibility index (Phi) is 6.98. The summed E-state index contributed by atoms with van der Waals surface area (Å²) in [4.78, 5) is 17.1. The lowest BCUT2D eigenvalue weighted by atomic mass is 10.0. The Bertz CT molecular complexity index is 600. The summed E-state index contributed by atoms with van der Waals surface area (Å²) in [7, 11) is 0. The van der Waals surface area contributed by atoms with Crippen molar-refractivity contribution in [3.63, 3.8) is 0 Å². The van der Waals surface area contributed by atoms with Crippen LogP contribution in [0.3, 0.4) is 0 Å². The fourth-order valence-electron chi connectivity index (χ4n) is 3.98. The third-order valence-corrected chi connectivity index (χ3v) is 5.51. The highest BCUT2D eigenvalue weighted by Crippen LogP contribution is 2.23. The Morgan fingerprint density at radius 1 is 1.04 bits per heavy atom. The zero-order valence-corrected chi connectivity index (χ0v) is 16.2. The van der Waals surface area contributed by atoms with Gasteiger partial charge in [0.15, 0.2) is 0 Å². The van der Waals surface area contributed by atoms with Gasteiger partial charge in [0.2, 0.25) is 5.91 Å². The zero-order chi connectivity index (χ0) is 18.2. The molecule has 142 valence electrons. The van der Waals surface area contributed by atoms with Gasteiger partial charge >= 0.3 is 0 Å². The van der Waals surface area contributed by atoms with Gasteiger partial charge in [0.05, 0.1) is 6.54 Å². The predicted octanol–water partition coefficient (Wildman–Crippen LogP) is 4.79. The van der Waals surface area contributed by atoms with Crippen molar-refractivity contribution in [3.05, 3.63) is 36.0 Å². The van der Waals surface area contributed by atoms with Gasteiger partial charge in [0.25, 0.3) is 0 Å². The number of rotatable bonds is 6. The summed E-state index contributed by atoms with van der Waals surface area (Å²) >= 11 is 0. The molecule has 1 aromatic carbocycles. The lowest BCUT2D eigenvalue weighted by Gasteiger charge is -2.27. The molecule has 1 amide bonds. The minimum Gasteiger partial charge on any atom is -0.372 e. The van der Waals surface area contributed by atoms with E-state index in [0.717, 1.165) is 38.2 Å². The number of nitrogens with zero attached hydrogens (tertiary/aromatic N) is 2. The Hall–Kier alpha value is -1.97. The topological polar surface area (TPSA) is 35.6 Å². The summed E-state index contributed by atoms with van der Waals surface area (Å²) in [5.74, 6) is 0.0702. The summed E-state index contributed by atoms with van der Waals surface area (Å²) in [5, 5.41) is 3.06. The number of anilines is 2. The van der Waals surface area contributed by atoms with Crippen molar-refractivity contribution in [3.8, 4) is 0 Å². The minimum atomic E-state index is 0.0702. The van der Waals surface area contributed by atoms with E-state index in [-0.39, 0.29) is 5.91 Å². The van der Waals surface area contributed by atoms with Crippen LogP contribution in [0.5, 0.6) is 0 Å². The molecule has 0 aromatic heterocycles. The van der Waals surface area contributed by atoms with E-state index in [1.807, 2.05) is 12.1 Å². The van der Waals surface area contributed by atoms with Crippen LogP contribution in [0, 0.1) is 0 Å². The van der Waals surface area contributed by atoms with Gasteiger partial charge in [0.1, 0.15) is 0 Å². The first kappa shape index (κ1) is 18.8. The monoisotopic (exact) mass is 355 g/mol. The van der Waals surface area contributed by atoms with Crippen molar-refractivity contribution in [2.75, 3.05) is 36.4 Å². The molecule has 2 aliphatic rings. The standard InChI is InChI=1S/C22H33N3O/c1-2-24(20-10-6-5-7-11-20)18-22(26)23-19-12-14-21(15-13-19)25-16-8-3-4-9-17-25/h10,12-15H,2-9,11,16-18H2,1H3,(H,23,26). The maximum absolute atomic E-state index is 12.5. The van der Waals surface area contributed by atoms with Crippen LogP contribution in [0.1, 0.15) is 58.3 Å². The average Bonchev–Trinajstić information content (AvgIpc) is 2.97. The van der Waals surface area contributed by atoms with Crippen LogP contribution in [-0.4, -0.2) is 37.0 Å². The van der Waals surface area contributed by atoms with Crippen molar-refractivity contribution in [1.29, 1.82) is 0 Å². The van der Waals surface area contributed by atoms with Gasteiger partial charge in [-0.05, 0) is 69.7 Å². The number of hydrogen-bond donors (Lipinski definition) is 1. The normalized spacial score (nSPS) is 18.0. The highest BCUT2D eigenvalue weighted by molar-refractivity contribution is 5.92. The SMILES string of the molecule is CCN(CC(=O)Nc1ccc(N2CCCCCC2)cc1)C1=CCCCC1. The van der Waals surface area contributed by atoms with Crippen molar-refractivity contribution in [2.45, 2.75) is 58.3 Å². The smallest absolute Gasteiger partial charge is 0.243 e. The van der Waals surface area contributed by atoms with Crippen molar-refractivity contribution < 1.29 is 4.79 Å². The van der Waals surface area contributed by atoms with E-state index < -0.39 is 0 Å². The molecule has 0 saturated carbocycles. The van der Waals surface area contributed by atoms with Crippen molar-refractivity contribution >= 4 is 17.3 Å². The van der Waals surface area contributed by atoms with E-state index in [9.17, 15) is 4.79 Å². The summed E-state index contributed by atoms with van der Waals surface area (Å²) < 4.78 is 0. The van der Waals surface area contributed by atoms with E-state index in [2.05, 4.69) is 40.2 Å². The number of amides is 1. The number of nitrogens with one attached hydrogen (secondary N) is 1. The van der Waals surface area contributed by atoms with Gasteiger partial charge in [-0.3, -0.25) is 4.79 Å². The van der Waals surface area contributed by atoms with E-state index in [1.165, 1.54) is 49.9 Å². The van der Waals surface area contributed by atoms with Gasteiger partial charge in [-0.1, -0.05) is 18.9 Å². The molecule has 0 bridgehead atoms. The summed E-state index contributed by atoms with van der Waals surface area (Å²) in [5.41, 5.74) is 3.50. The molecule has 4 heteroatoms. The molecule has 0 spiro atoms. The van der Waals surface area contributed by atoms with E-state index >= 15 is 0 Å². The molecule has 1 heterocycles. The molecule has 4 nitrogen and oxygen atoms in total. The molecule has 1 N–H and O–H groups in total. The summed E-state index contributed by atoms with van der Waals surface area (Å²) in [6.07, 6.45) is 12.3. The molecule has 0 radical (unpaired) electrons. The largest absolute Gasteiger partial charge is 0.372 e. The van der Waals surface area contributed by atoms with Crippen LogP contribution in [0.4, 0.5) is 11.4 Å². The van der Waals surface area contributed by atoms with E-state index in [1.54, 1.807) is 0 Å². The molecule has 1 aliphatic carbocycles.